The third-order valence-corrected chi connectivity index (χ3v) is 2.71. The minimum Gasteiger partial charge on any atom is -0.507 e. The number of aromatic nitrogens is 2. The minimum absolute atomic E-state index is 0.119. The predicted octanol–water partition coefficient (Wildman–Crippen LogP) is 1.03. The molecule has 0 unspecified atom stereocenters. The summed E-state index contributed by atoms with van der Waals surface area (Å²) in [5.74, 6) is 0.517. The topological polar surface area (TPSA) is 96.4 Å². The van der Waals surface area contributed by atoms with Gasteiger partial charge in [0.05, 0.1) is 12.7 Å². The number of phenols is 1. The van der Waals surface area contributed by atoms with Crippen molar-refractivity contribution < 1.29 is 14.6 Å². The van der Waals surface area contributed by atoms with Gasteiger partial charge in [-0.2, -0.15) is 0 Å². The Hall–Kier alpha value is -2.83. The number of aromatic hydroxyl groups is 1. The van der Waals surface area contributed by atoms with Crippen LogP contribution in [0.15, 0.2) is 36.7 Å². The van der Waals surface area contributed by atoms with Crippen LogP contribution in [0.4, 0.5) is 5.95 Å². The quantitative estimate of drug-likeness (QED) is 0.687. The van der Waals surface area contributed by atoms with E-state index in [1.165, 1.54) is 19.2 Å². The van der Waals surface area contributed by atoms with Crippen molar-refractivity contribution in [3.8, 4) is 11.5 Å². The zero-order chi connectivity index (χ0) is 15.1. The summed E-state index contributed by atoms with van der Waals surface area (Å²) in [5.41, 5.74) is 0.201. The van der Waals surface area contributed by atoms with Gasteiger partial charge in [0.25, 0.3) is 5.91 Å². The number of nitrogens with one attached hydrogen (secondary N) is 2. The standard InChI is InChI=1S/C14H16N4O3/c1-21-10-3-4-11(12(19)9-10)13(20)15-7-8-18-14-16-5-2-6-17-14/h2-6,9,19H,7-8H2,1H3,(H,15,20)(H,16,17,18). The molecule has 0 saturated carbocycles. The largest absolute Gasteiger partial charge is 0.507 e. The molecule has 0 aliphatic heterocycles. The average Bonchev–Trinajstić information content (AvgIpc) is 2.52. The summed E-state index contributed by atoms with van der Waals surface area (Å²) < 4.78 is 4.96. The summed E-state index contributed by atoms with van der Waals surface area (Å²) in [4.78, 5) is 19.9. The number of benzene rings is 1. The van der Waals surface area contributed by atoms with Gasteiger partial charge in [0.15, 0.2) is 0 Å². The van der Waals surface area contributed by atoms with Crippen LogP contribution in [0.1, 0.15) is 10.4 Å². The second kappa shape index (κ2) is 7.09. The number of ether oxygens (including phenoxy) is 1. The summed E-state index contributed by atoms with van der Waals surface area (Å²) in [6.45, 7) is 0.856. The molecule has 7 heteroatoms. The Bertz CT molecular complexity index is 604. The van der Waals surface area contributed by atoms with Crippen LogP contribution >= 0.6 is 0 Å². The molecular weight excluding hydrogens is 272 g/mol. The molecule has 0 bridgehead atoms. The maximum Gasteiger partial charge on any atom is 0.255 e. The van der Waals surface area contributed by atoms with E-state index >= 15 is 0 Å². The zero-order valence-corrected chi connectivity index (χ0v) is 11.5. The van der Waals surface area contributed by atoms with E-state index in [-0.39, 0.29) is 17.2 Å². The van der Waals surface area contributed by atoms with Crippen molar-refractivity contribution in [3.63, 3.8) is 0 Å². The van der Waals surface area contributed by atoms with E-state index in [2.05, 4.69) is 20.6 Å². The number of carbonyl (C=O) groups excluding carboxylic acids is 1. The van der Waals surface area contributed by atoms with Crippen LogP contribution in [0.2, 0.25) is 0 Å². The number of methoxy groups -OCH3 is 1. The monoisotopic (exact) mass is 288 g/mol. The van der Waals surface area contributed by atoms with E-state index in [0.717, 1.165) is 0 Å². The first-order chi connectivity index (χ1) is 10.2. The van der Waals surface area contributed by atoms with Crippen LogP contribution in [0.5, 0.6) is 11.5 Å². The predicted molar refractivity (Wildman–Crippen MR) is 77.5 cm³/mol. The molecule has 1 aromatic heterocycles. The molecule has 0 atom stereocenters. The Labute approximate surface area is 122 Å². The molecule has 2 rings (SSSR count). The Morgan fingerprint density at radius 2 is 2.05 bits per heavy atom. The number of phenolic OH excluding ortho intramolecular Hbond substituents is 1. The molecule has 0 saturated heterocycles. The summed E-state index contributed by atoms with van der Waals surface area (Å²) in [5, 5.41) is 15.4. The van der Waals surface area contributed by atoms with Crippen molar-refractivity contribution in [2.75, 3.05) is 25.5 Å². The van der Waals surface area contributed by atoms with Gasteiger partial charge < -0.3 is 20.5 Å². The van der Waals surface area contributed by atoms with Crippen LogP contribution < -0.4 is 15.4 Å². The molecule has 1 aromatic carbocycles. The van der Waals surface area contributed by atoms with E-state index in [4.69, 9.17) is 4.74 Å². The third-order valence-electron chi connectivity index (χ3n) is 2.71. The minimum atomic E-state index is -0.356. The highest BCUT2D eigenvalue weighted by Gasteiger charge is 2.11. The first-order valence-corrected chi connectivity index (χ1v) is 6.37. The molecule has 0 radical (unpaired) electrons. The van der Waals surface area contributed by atoms with Crippen molar-refractivity contribution in [2.24, 2.45) is 0 Å². The number of hydrogen-bond acceptors (Lipinski definition) is 6. The van der Waals surface area contributed by atoms with Gasteiger partial charge in [-0.1, -0.05) is 0 Å². The lowest BCUT2D eigenvalue weighted by Gasteiger charge is -2.08. The van der Waals surface area contributed by atoms with Gasteiger partial charge in [-0.3, -0.25) is 4.79 Å². The van der Waals surface area contributed by atoms with Crippen LogP contribution in [-0.2, 0) is 0 Å². The molecular formula is C14H16N4O3. The van der Waals surface area contributed by atoms with Gasteiger partial charge in [-0.25, -0.2) is 9.97 Å². The number of nitrogens with zero attached hydrogens (tertiary/aromatic N) is 2. The zero-order valence-electron chi connectivity index (χ0n) is 11.5. The molecule has 0 fully saturated rings. The molecule has 2 aromatic rings. The Balaban J connectivity index is 1.82. The van der Waals surface area contributed by atoms with Gasteiger partial charge in [0.2, 0.25) is 5.95 Å². The van der Waals surface area contributed by atoms with Gasteiger partial charge in [-0.15, -0.1) is 0 Å². The summed E-state index contributed by atoms with van der Waals surface area (Å²) in [6, 6.07) is 6.24. The van der Waals surface area contributed by atoms with Gasteiger partial charge in [0.1, 0.15) is 11.5 Å². The first-order valence-electron chi connectivity index (χ1n) is 6.37. The van der Waals surface area contributed by atoms with Crippen molar-refractivity contribution in [1.82, 2.24) is 15.3 Å². The number of rotatable bonds is 6. The normalized spacial score (nSPS) is 9.95. The van der Waals surface area contributed by atoms with E-state index in [9.17, 15) is 9.90 Å². The van der Waals surface area contributed by atoms with Crippen LogP contribution in [0, 0.1) is 0 Å². The molecule has 21 heavy (non-hydrogen) atoms. The molecule has 110 valence electrons. The molecule has 7 nitrogen and oxygen atoms in total. The highest BCUT2D eigenvalue weighted by molar-refractivity contribution is 5.97. The smallest absolute Gasteiger partial charge is 0.255 e. The maximum atomic E-state index is 11.9. The molecule has 0 aliphatic rings. The van der Waals surface area contributed by atoms with E-state index in [1.54, 1.807) is 24.5 Å². The fraction of sp³-hybridized carbons (Fsp3) is 0.214. The maximum absolute atomic E-state index is 11.9. The van der Waals surface area contributed by atoms with Crippen molar-refractivity contribution >= 4 is 11.9 Å². The van der Waals surface area contributed by atoms with E-state index in [1.807, 2.05) is 0 Å². The van der Waals surface area contributed by atoms with Gasteiger partial charge in [0, 0.05) is 31.5 Å². The summed E-state index contributed by atoms with van der Waals surface area (Å²) in [6.07, 6.45) is 3.26. The molecule has 0 aliphatic carbocycles. The molecule has 1 amide bonds. The second-order valence-electron chi connectivity index (χ2n) is 4.14. The highest BCUT2D eigenvalue weighted by Crippen LogP contribution is 2.22. The lowest BCUT2D eigenvalue weighted by molar-refractivity contribution is 0.0952. The van der Waals surface area contributed by atoms with Gasteiger partial charge >= 0.3 is 0 Å². The van der Waals surface area contributed by atoms with E-state index in [0.29, 0.717) is 24.8 Å². The number of carbonyl (C=O) groups is 1. The van der Waals surface area contributed by atoms with Crippen LogP contribution in [0.3, 0.4) is 0 Å². The fourth-order valence-electron chi connectivity index (χ4n) is 1.67. The SMILES string of the molecule is COc1ccc(C(=O)NCCNc2ncccn2)c(O)c1. The third kappa shape index (κ3) is 4.07. The van der Waals surface area contributed by atoms with Crippen LogP contribution in [0.25, 0.3) is 0 Å². The number of anilines is 1. The van der Waals surface area contributed by atoms with E-state index < -0.39 is 0 Å². The summed E-state index contributed by atoms with van der Waals surface area (Å²) in [7, 11) is 1.49. The Kier molecular flexibility index (Phi) is 4.92. The van der Waals surface area contributed by atoms with Crippen molar-refractivity contribution in [1.29, 1.82) is 0 Å². The Morgan fingerprint density at radius 1 is 1.29 bits per heavy atom. The van der Waals surface area contributed by atoms with Crippen molar-refractivity contribution in [2.45, 2.75) is 0 Å². The molecule has 0 spiro atoms. The lowest BCUT2D eigenvalue weighted by atomic mass is 10.2. The first kappa shape index (κ1) is 14.6. The molecule has 1 heterocycles. The summed E-state index contributed by atoms with van der Waals surface area (Å²) >= 11 is 0. The average molecular weight is 288 g/mol. The second-order valence-corrected chi connectivity index (χ2v) is 4.14. The van der Waals surface area contributed by atoms with Gasteiger partial charge in [-0.05, 0) is 18.2 Å². The lowest BCUT2D eigenvalue weighted by Crippen LogP contribution is -2.29. The van der Waals surface area contributed by atoms with Crippen molar-refractivity contribution in [3.05, 3.63) is 42.2 Å². The fourth-order valence-corrected chi connectivity index (χ4v) is 1.67. The van der Waals surface area contributed by atoms with Crippen LogP contribution in [-0.4, -0.2) is 41.2 Å². The Morgan fingerprint density at radius 3 is 2.71 bits per heavy atom. The molecule has 3 N–H and O–H groups in total. The highest BCUT2D eigenvalue weighted by atomic mass is 16.5. The number of hydrogen-bond donors (Lipinski definition) is 3. The number of amides is 1.